The van der Waals surface area contributed by atoms with Crippen LogP contribution in [0.4, 0.5) is 16.4 Å². The van der Waals surface area contributed by atoms with E-state index < -0.39 is 6.09 Å². The Morgan fingerprint density at radius 3 is 2.78 bits per heavy atom. The van der Waals surface area contributed by atoms with Gasteiger partial charge in [-0.25, -0.2) is 19.7 Å². The number of rotatable bonds is 6. The van der Waals surface area contributed by atoms with Gasteiger partial charge >= 0.3 is 6.09 Å². The number of hydrogen-bond acceptors (Lipinski definition) is 8. The number of methoxy groups -OCH3 is 1. The number of hydrogen-bond donors (Lipinski definition) is 2. The molecule has 0 bridgehead atoms. The van der Waals surface area contributed by atoms with Crippen LogP contribution in [0.3, 0.4) is 0 Å². The van der Waals surface area contributed by atoms with Gasteiger partial charge in [0.15, 0.2) is 5.15 Å². The Balaban J connectivity index is 1.46. The van der Waals surface area contributed by atoms with Gasteiger partial charge in [0.2, 0.25) is 5.91 Å². The molecular formula is C25H32Cl2N6O4. The molecule has 2 saturated heterocycles. The lowest BCUT2D eigenvalue weighted by molar-refractivity contribution is -0.121. The van der Waals surface area contributed by atoms with Gasteiger partial charge in [-0.1, -0.05) is 23.2 Å². The molecule has 2 aromatic heterocycles. The fraction of sp³-hybridized carbons (Fsp3) is 0.560. The minimum absolute atomic E-state index is 0.137. The lowest BCUT2D eigenvalue weighted by Gasteiger charge is -2.35. The van der Waals surface area contributed by atoms with E-state index in [0.29, 0.717) is 53.2 Å². The molecular weight excluding hydrogens is 519 g/mol. The number of nitrogens with one attached hydrogen (secondary N) is 2. The van der Waals surface area contributed by atoms with Crippen LogP contribution < -0.4 is 10.6 Å². The Hall–Kier alpha value is -2.69. The third-order valence-corrected chi connectivity index (χ3v) is 7.26. The average molecular weight is 551 g/mol. The number of carbonyl (C=O) groups is 2. The number of anilines is 2. The van der Waals surface area contributed by atoms with Crippen LogP contribution in [-0.2, 0) is 14.3 Å². The van der Waals surface area contributed by atoms with Gasteiger partial charge in [0.25, 0.3) is 0 Å². The molecule has 0 aromatic carbocycles. The molecule has 37 heavy (non-hydrogen) atoms. The maximum atomic E-state index is 12.9. The Morgan fingerprint density at radius 2 is 2.03 bits per heavy atom. The first kappa shape index (κ1) is 27.3. The highest BCUT2D eigenvalue weighted by atomic mass is 35.5. The summed E-state index contributed by atoms with van der Waals surface area (Å²) in [6.07, 6.45) is 5.89. The summed E-state index contributed by atoms with van der Waals surface area (Å²) in [5.41, 5.74) is 0.749. The summed E-state index contributed by atoms with van der Waals surface area (Å²) in [5, 5.41) is 6.70. The molecule has 12 heteroatoms. The maximum Gasteiger partial charge on any atom is 0.409 e. The third-order valence-electron chi connectivity index (χ3n) is 6.69. The van der Waals surface area contributed by atoms with E-state index in [1.54, 1.807) is 12.3 Å². The van der Waals surface area contributed by atoms with Crippen molar-refractivity contribution >= 4 is 46.8 Å². The third kappa shape index (κ3) is 7.00. The summed E-state index contributed by atoms with van der Waals surface area (Å²) < 4.78 is 10.6. The first-order chi connectivity index (χ1) is 17.6. The van der Waals surface area contributed by atoms with E-state index >= 15 is 0 Å². The van der Waals surface area contributed by atoms with Gasteiger partial charge < -0.3 is 25.0 Å². The van der Waals surface area contributed by atoms with Crippen molar-refractivity contribution in [3.8, 4) is 11.3 Å². The molecule has 0 unspecified atom stereocenters. The molecule has 0 spiro atoms. The molecule has 0 aliphatic carbocycles. The molecule has 0 saturated carbocycles. The number of amides is 2. The Labute approximate surface area is 226 Å². The number of halogens is 2. The lowest BCUT2D eigenvalue weighted by atomic mass is 9.88. The number of ether oxygens (including phenoxy) is 2. The van der Waals surface area contributed by atoms with Gasteiger partial charge in [-0.15, -0.1) is 0 Å². The topological polar surface area (TPSA) is 119 Å². The standard InChI is InChI=1S/C25H32Cl2N6O4/c1-25(2)10-15(6-8-37-25)11-28-20-13-30-22(27)21(31-20)17-9-19(29-12-18(17)26)32-23(34)16-5-4-7-33(14-16)24(35)36-3/h9,12-13,15-16H,4-8,10-11,14H2,1-3H3,(H,28,31)(H,29,32,34)/t15-,16-/m0/s1. The van der Waals surface area contributed by atoms with E-state index in [2.05, 4.69) is 39.4 Å². The maximum absolute atomic E-state index is 12.9. The van der Waals surface area contributed by atoms with E-state index in [1.807, 2.05) is 0 Å². The van der Waals surface area contributed by atoms with Gasteiger partial charge in [-0.05, 0) is 51.5 Å². The molecule has 2 N–H and O–H groups in total. The Kier molecular flexibility index (Phi) is 8.71. The molecule has 2 amide bonds. The van der Waals surface area contributed by atoms with Gasteiger partial charge in [0, 0.05) is 38.0 Å². The van der Waals surface area contributed by atoms with Crippen molar-refractivity contribution in [1.82, 2.24) is 19.9 Å². The van der Waals surface area contributed by atoms with Crippen LogP contribution in [0.1, 0.15) is 39.5 Å². The molecule has 10 nitrogen and oxygen atoms in total. The molecule has 2 fully saturated rings. The second-order valence-electron chi connectivity index (χ2n) is 10.0. The highest BCUT2D eigenvalue weighted by molar-refractivity contribution is 6.35. The average Bonchev–Trinajstić information content (AvgIpc) is 2.88. The van der Waals surface area contributed by atoms with Crippen LogP contribution in [0, 0.1) is 11.8 Å². The van der Waals surface area contributed by atoms with Gasteiger partial charge in [0.1, 0.15) is 17.3 Å². The molecule has 2 atom stereocenters. The van der Waals surface area contributed by atoms with Crippen molar-refractivity contribution in [3.05, 3.63) is 28.6 Å². The SMILES string of the molecule is COC(=O)N1CCC[C@H](C(=O)Nc2cc(-c3nc(NC[C@H]4CCOC(C)(C)C4)cnc3Cl)c(Cl)cn2)C1. The van der Waals surface area contributed by atoms with E-state index in [9.17, 15) is 9.59 Å². The van der Waals surface area contributed by atoms with E-state index in [1.165, 1.54) is 18.2 Å². The number of pyridine rings is 1. The largest absolute Gasteiger partial charge is 0.453 e. The predicted molar refractivity (Wildman–Crippen MR) is 142 cm³/mol. The zero-order chi connectivity index (χ0) is 26.6. The molecule has 2 aromatic rings. The van der Waals surface area contributed by atoms with Crippen LogP contribution in [0.2, 0.25) is 10.2 Å². The number of aromatic nitrogens is 3. The van der Waals surface area contributed by atoms with Crippen molar-refractivity contribution < 1.29 is 19.1 Å². The van der Waals surface area contributed by atoms with E-state index in [-0.39, 0.29) is 29.1 Å². The number of piperidine rings is 1. The quantitative estimate of drug-likeness (QED) is 0.522. The minimum atomic E-state index is -0.438. The van der Waals surface area contributed by atoms with Crippen molar-refractivity contribution in [1.29, 1.82) is 0 Å². The molecule has 2 aliphatic rings. The molecule has 0 radical (unpaired) electrons. The Morgan fingerprint density at radius 1 is 1.22 bits per heavy atom. The second-order valence-corrected chi connectivity index (χ2v) is 10.8. The van der Waals surface area contributed by atoms with Gasteiger partial charge in [0.05, 0.1) is 29.8 Å². The van der Waals surface area contributed by atoms with E-state index in [4.69, 9.17) is 32.7 Å². The highest BCUT2D eigenvalue weighted by Crippen LogP contribution is 2.33. The van der Waals surface area contributed by atoms with E-state index in [0.717, 1.165) is 26.0 Å². The van der Waals surface area contributed by atoms with Crippen LogP contribution >= 0.6 is 23.2 Å². The molecule has 4 heterocycles. The number of likely N-dealkylation sites (tertiary alicyclic amines) is 1. The summed E-state index contributed by atoms with van der Waals surface area (Å²) >= 11 is 12.8. The van der Waals surface area contributed by atoms with Crippen LogP contribution in [0.15, 0.2) is 18.5 Å². The number of carbonyl (C=O) groups excluding carboxylic acids is 2. The van der Waals surface area contributed by atoms with Gasteiger partial charge in [-0.2, -0.15) is 0 Å². The van der Waals surface area contributed by atoms with Crippen molar-refractivity contribution in [2.24, 2.45) is 11.8 Å². The summed E-state index contributed by atoms with van der Waals surface area (Å²) in [4.78, 5) is 39.5. The zero-order valence-corrected chi connectivity index (χ0v) is 22.7. The zero-order valence-electron chi connectivity index (χ0n) is 21.2. The lowest BCUT2D eigenvalue weighted by Crippen LogP contribution is -2.43. The first-order valence-corrected chi connectivity index (χ1v) is 13.1. The predicted octanol–water partition coefficient (Wildman–Crippen LogP) is 4.88. The molecule has 4 rings (SSSR count). The highest BCUT2D eigenvalue weighted by Gasteiger charge is 2.30. The first-order valence-electron chi connectivity index (χ1n) is 12.3. The van der Waals surface area contributed by atoms with Crippen LogP contribution in [0.5, 0.6) is 0 Å². The van der Waals surface area contributed by atoms with Crippen LogP contribution in [0.25, 0.3) is 11.3 Å². The fourth-order valence-corrected chi connectivity index (χ4v) is 5.20. The van der Waals surface area contributed by atoms with Crippen molar-refractivity contribution in [2.75, 3.05) is 44.0 Å². The molecule has 2 aliphatic heterocycles. The summed E-state index contributed by atoms with van der Waals surface area (Å²) in [6.45, 7) is 6.52. The monoisotopic (exact) mass is 550 g/mol. The number of nitrogens with zero attached hydrogens (tertiary/aromatic N) is 4. The molecule has 200 valence electrons. The second kappa shape index (κ2) is 11.8. The summed E-state index contributed by atoms with van der Waals surface area (Å²) in [6, 6.07) is 1.63. The summed E-state index contributed by atoms with van der Waals surface area (Å²) in [7, 11) is 1.33. The summed E-state index contributed by atoms with van der Waals surface area (Å²) in [5.74, 6) is 0.722. The minimum Gasteiger partial charge on any atom is -0.453 e. The van der Waals surface area contributed by atoms with Gasteiger partial charge in [-0.3, -0.25) is 4.79 Å². The smallest absolute Gasteiger partial charge is 0.409 e. The Bertz CT molecular complexity index is 1150. The van der Waals surface area contributed by atoms with Crippen molar-refractivity contribution in [3.63, 3.8) is 0 Å². The fourth-order valence-electron chi connectivity index (χ4n) is 4.82. The van der Waals surface area contributed by atoms with Crippen LogP contribution in [-0.4, -0.2) is 70.8 Å². The van der Waals surface area contributed by atoms with Crippen molar-refractivity contribution in [2.45, 2.75) is 45.1 Å². The normalized spacial score (nSPS) is 21.3.